The number of anilines is 2. The highest BCUT2D eigenvalue weighted by Gasteiger charge is 2.26. The lowest BCUT2D eigenvalue weighted by molar-refractivity contribution is -0.142. The number of para-hydroxylation sites is 2. The topological polar surface area (TPSA) is 87.7 Å². The summed E-state index contributed by atoms with van der Waals surface area (Å²) in [5.41, 5.74) is 1.73. The van der Waals surface area contributed by atoms with Crippen molar-refractivity contribution < 1.29 is 19.1 Å². The van der Waals surface area contributed by atoms with Gasteiger partial charge in [0, 0.05) is 17.8 Å². The normalized spacial score (nSPS) is 16.9. The van der Waals surface area contributed by atoms with Crippen LogP contribution in [-0.2, 0) is 19.1 Å². The van der Waals surface area contributed by atoms with Gasteiger partial charge in [0.2, 0.25) is 5.91 Å². The predicted molar refractivity (Wildman–Crippen MR) is 102 cm³/mol. The van der Waals surface area contributed by atoms with Gasteiger partial charge in [-0.05, 0) is 31.9 Å². The Labute approximate surface area is 158 Å². The summed E-state index contributed by atoms with van der Waals surface area (Å²) in [6.45, 7) is 1.96. The van der Waals surface area contributed by atoms with Crippen LogP contribution in [0.4, 0.5) is 11.4 Å². The maximum atomic E-state index is 12.8. The molecule has 0 radical (unpaired) electrons. The fourth-order valence-electron chi connectivity index (χ4n) is 3.48. The molecule has 7 heteroatoms. The van der Waals surface area contributed by atoms with Crippen LogP contribution in [0.3, 0.4) is 0 Å². The molecule has 7 nitrogen and oxygen atoms in total. The monoisotopic (exact) mass is 371 g/mol. The maximum absolute atomic E-state index is 12.8. The lowest BCUT2D eigenvalue weighted by Crippen LogP contribution is -2.43. The number of hydrogen-bond donors (Lipinski definition) is 2. The summed E-state index contributed by atoms with van der Waals surface area (Å²) in [5.74, 6) is -0.922. The number of ether oxygens (including phenoxy) is 1. The Hall–Kier alpha value is -2.83. The Morgan fingerprint density at radius 2 is 2.00 bits per heavy atom. The van der Waals surface area contributed by atoms with Crippen molar-refractivity contribution in [2.24, 2.45) is 0 Å². The van der Waals surface area contributed by atoms with Crippen LogP contribution in [0.2, 0.25) is 0 Å². The van der Waals surface area contributed by atoms with E-state index >= 15 is 0 Å². The van der Waals surface area contributed by atoms with E-state index in [2.05, 4.69) is 10.6 Å². The van der Waals surface area contributed by atoms with Crippen molar-refractivity contribution in [1.29, 1.82) is 0 Å². The van der Waals surface area contributed by atoms with E-state index in [-0.39, 0.29) is 37.4 Å². The van der Waals surface area contributed by atoms with Crippen molar-refractivity contribution in [3.63, 3.8) is 0 Å². The fraction of sp³-hybridized carbons (Fsp3) is 0.450. The number of rotatable bonds is 6. The minimum absolute atomic E-state index is 0.0317. The number of hydrogen-bond acceptors (Lipinski definition) is 5. The zero-order chi connectivity index (χ0) is 19.2. The largest absolute Gasteiger partial charge is 0.466 e. The van der Waals surface area contributed by atoms with Crippen LogP contribution >= 0.6 is 0 Å². The molecule has 0 saturated heterocycles. The van der Waals surface area contributed by atoms with E-state index in [1.807, 2.05) is 18.2 Å². The maximum Gasteiger partial charge on any atom is 0.311 e. The third kappa shape index (κ3) is 4.87. The molecule has 0 unspecified atom stereocenters. The number of benzene rings is 1. The molecule has 0 atom stereocenters. The van der Waals surface area contributed by atoms with E-state index in [1.54, 1.807) is 13.0 Å². The number of carbonyl (C=O) groups is 3. The van der Waals surface area contributed by atoms with Crippen LogP contribution in [0.15, 0.2) is 36.0 Å². The summed E-state index contributed by atoms with van der Waals surface area (Å²) in [4.78, 5) is 38.5. The second kappa shape index (κ2) is 8.70. The van der Waals surface area contributed by atoms with Crippen molar-refractivity contribution in [2.45, 2.75) is 45.1 Å². The van der Waals surface area contributed by atoms with Crippen molar-refractivity contribution in [2.75, 3.05) is 23.4 Å². The zero-order valence-electron chi connectivity index (χ0n) is 15.5. The van der Waals surface area contributed by atoms with Gasteiger partial charge in [-0.15, -0.1) is 0 Å². The number of fused-ring (bicyclic) bond motifs is 1. The third-order valence-corrected chi connectivity index (χ3v) is 4.72. The molecular weight excluding hydrogens is 346 g/mol. The van der Waals surface area contributed by atoms with Gasteiger partial charge >= 0.3 is 5.97 Å². The molecule has 3 rings (SSSR count). The summed E-state index contributed by atoms with van der Waals surface area (Å²) >= 11 is 0. The summed E-state index contributed by atoms with van der Waals surface area (Å²) in [5, 5.41) is 6.13. The Morgan fingerprint density at radius 3 is 2.74 bits per heavy atom. The van der Waals surface area contributed by atoms with Crippen LogP contribution in [0, 0.1) is 0 Å². The van der Waals surface area contributed by atoms with E-state index in [4.69, 9.17) is 4.74 Å². The number of nitrogens with one attached hydrogen (secondary N) is 2. The van der Waals surface area contributed by atoms with Gasteiger partial charge < -0.3 is 15.4 Å². The molecule has 1 aromatic carbocycles. The smallest absolute Gasteiger partial charge is 0.311 e. The van der Waals surface area contributed by atoms with E-state index < -0.39 is 5.97 Å². The first-order valence-corrected chi connectivity index (χ1v) is 9.40. The first kappa shape index (κ1) is 18.9. The second-order valence-corrected chi connectivity index (χ2v) is 6.77. The van der Waals surface area contributed by atoms with Gasteiger partial charge in [-0.2, -0.15) is 0 Å². The molecule has 2 amide bonds. The Morgan fingerprint density at radius 1 is 1.26 bits per heavy atom. The Balaban J connectivity index is 1.78. The molecule has 1 fully saturated rings. The van der Waals surface area contributed by atoms with Gasteiger partial charge in [-0.1, -0.05) is 25.0 Å². The molecule has 1 heterocycles. The van der Waals surface area contributed by atoms with Gasteiger partial charge in [-0.25, -0.2) is 0 Å². The molecule has 1 aliphatic carbocycles. The molecule has 2 N–H and O–H groups in total. The molecule has 1 aromatic rings. The molecular formula is C20H25N3O4. The summed E-state index contributed by atoms with van der Waals surface area (Å²) in [7, 11) is 0. The summed E-state index contributed by atoms with van der Waals surface area (Å²) in [6, 6.07) is 7.44. The Bertz CT molecular complexity index is 753. The fourth-order valence-corrected chi connectivity index (χ4v) is 3.48. The van der Waals surface area contributed by atoms with Crippen LogP contribution in [0.5, 0.6) is 0 Å². The zero-order valence-corrected chi connectivity index (χ0v) is 15.5. The van der Waals surface area contributed by atoms with E-state index in [0.29, 0.717) is 17.1 Å². The second-order valence-electron chi connectivity index (χ2n) is 6.77. The highest BCUT2D eigenvalue weighted by Crippen LogP contribution is 2.30. The van der Waals surface area contributed by atoms with Gasteiger partial charge in [0.15, 0.2) is 0 Å². The van der Waals surface area contributed by atoms with Crippen LogP contribution in [-0.4, -0.2) is 37.0 Å². The standard InChI is InChI=1S/C20H25N3O4/c1-2-27-20(26)12-15-11-19(25)23(17-10-6-5-9-16(17)21-15)13-18(24)22-14-7-3-4-8-14/h5-6,9-11,14,21H,2-4,7-8,12-13H2,1H3,(H,22,24). The predicted octanol–water partition coefficient (Wildman–Crippen LogP) is 2.34. The van der Waals surface area contributed by atoms with Gasteiger partial charge in [-0.3, -0.25) is 19.3 Å². The molecule has 144 valence electrons. The minimum Gasteiger partial charge on any atom is -0.466 e. The number of esters is 1. The van der Waals surface area contributed by atoms with Gasteiger partial charge in [0.25, 0.3) is 5.91 Å². The number of amides is 2. The molecule has 1 saturated carbocycles. The summed E-state index contributed by atoms with van der Waals surface area (Å²) < 4.78 is 4.97. The third-order valence-electron chi connectivity index (χ3n) is 4.72. The molecule has 0 spiro atoms. The first-order valence-electron chi connectivity index (χ1n) is 9.40. The molecule has 2 aliphatic rings. The lowest BCUT2D eigenvalue weighted by atomic mass is 10.2. The molecule has 1 aliphatic heterocycles. The van der Waals surface area contributed by atoms with Gasteiger partial charge in [0.1, 0.15) is 6.54 Å². The van der Waals surface area contributed by atoms with Crippen molar-refractivity contribution in [1.82, 2.24) is 5.32 Å². The summed E-state index contributed by atoms with van der Waals surface area (Å²) in [6.07, 6.45) is 5.55. The average Bonchev–Trinajstić information content (AvgIpc) is 3.09. The van der Waals surface area contributed by atoms with Crippen LogP contribution in [0.25, 0.3) is 0 Å². The van der Waals surface area contributed by atoms with Crippen molar-refractivity contribution >= 4 is 29.2 Å². The lowest BCUT2D eigenvalue weighted by Gasteiger charge is -2.22. The number of carbonyl (C=O) groups excluding carboxylic acids is 3. The number of nitrogens with zero attached hydrogens (tertiary/aromatic N) is 1. The quantitative estimate of drug-likeness (QED) is 0.750. The van der Waals surface area contributed by atoms with Crippen LogP contribution < -0.4 is 15.5 Å². The highest BCUT2D eigenvalue weighted by atomic mass is 16.5. The Kier molecular flexibility index (Phi) is 6.11. The average molecular weight is 371 g/mol. The first-order chi connectivity index (χ1) is 13.1. The SMILES string of the molecule is CCOC(=O)CC1=CC(=O)N(CC(=O)NC2CCCC2)c2ccccc2N1. The molecule has 0 aromatic heterocycles. The van der Waals surface area contributed by atoms with Crippen LogP contribution in [0.1, 0.15) is 39.0 Å². The van der Waals surface area contributed by atoms with Crippen molar-refractivity contribution in [3.05, 3.63) is 36.0 Å². The minimum atomic E-state index is -0.408. The van der Waals surface area contributed by atoms with Gasteiger partial charge in [0.05, 0.1) is 24.4 Å². The molecule has 27 heavy (non-hydrogen) atoms. The van der Waals surface area contributed by atoms with E-state index in [0.717, 1.165) is 25.7 Å². The molecule has 0 bridgehead atoms. The van der Waals surface area contributed by atoms with E-state index in [9.17, 15) is 14.4 Å². The van der Waals surface area contributed by atoms with E-state index in [1.165, 1.54) is 11.0 Å². The van der Waals surface area contributed by atoms with Crippen molar-refractivity contribution in [3.8, 4) is 0 Å². The highest BCUT2D eigenvalue weighted by molar-refractivity contribution is 6.09.